The third-order valence-corrected chi connectivity index (χ3v) is 3.25. The quantitative estimate of drug-likeness (QED) is 0.456. The number of aliphatic carboxylic acids is 2. The van der Waals surface area contributed by atoms with Gasteiger partial charge in [-0.2, -0.15) is 0 Å². The van der Waals surface area contributed by atoms with Crippen LogP contribution in [0, 0.1) is 0 Å². The first-order valence-corrected chi connectivity index (χ1v) is 7.05. The van der Waals surface area contributed by atoms with E-state index in [1.807, 2.05) is 0 Å². The highest BCUT2D eigenvalue weighted by Gasteiger charge is 2.21. The number of hydrogen-bond acceptors (Lipinski definition) is 5. The van der Waals surface area contributed by atoms with Crippen LogP contribution in [0.2, 0.25) is 0 Å². The monoisotopic (exact) mass is 302 g/mol. The molecule has 1 saturated heterocycles. The van der Waals surface area contributed by atoms with Crippen molar-refractivity contribution in [3.05, 3.63) is 0 Å². The summed E-state index contributed by atoms with van der Waals surface area (Å²) < 4.78 is 5.43. The van der Waals surface area contributed by atoms with E-state index in [0.717, 1.165) is 25.9 Å². The fraction of sp³-hybridized carbons (Fsp3) is 0.769. The van der Waals surface area contributed by atoms with Crippen molar-refractivity contribution in [1.82, 2.24) is 10.6 Å². The number of carbonyl (C=O) groups excluding carboxylic acids is 1. The molecule has 0 aromatic heterocycles. The molecule has 1 amide bonds. The van der Waals surface area contributed by atoms with Gasteiger partial charge in [0.15, 0.2) is 0 Å². The van der Waals surface area contributed by atoms with Crippen LogP contribution in [0.5, 0.6) is 0 Å². The standard InChI is InChI=1S/C13H22N2O6/c16-11(8-21-9-4-6-14-7-5-9)15-10(13(19)20)2-1-3-12(17)18/h9-10,14H,1-8H2,(H,15,16)(H,17,18)(H,19,20)/t10-/m1/s1. The second-order valence-electron chi connectivity index (χ2n) is 5.00. The van der Waals surface area contributed by atoms with Gasteiger partial charge in [0, 0.05) is 6.42 Å². The molecule has 0 aliphatic carbocycles. The van der Waals surface area contributed by atoms with Crippen LogP contribution in [0.25, 0.3) is 0 Å². The highest BCUT2D eigenvalue weighted by atomic mass is 16.5. The third-order valence-electron chi connectivity index (χ3n) is 3.25. The Labute approximate surface area is 122 Å². The number of nitrogens with one attached hydrogen (secondary N) is 2. The predicted molar refractivity (Wildman–Crippen MR) is 72.9 cm³/mol. The summed E-state index contributed by atoms with van der Waals surface area (Å²) in [5.74, 6) is -2.65. The van der Waals surface area contributed by atoms with Crippen LogP contribution < -0.4 is 10.6 Å². The molecule has 0 aromatic rings. The number of carboxylic acids is 2. The van der Waals surface area contributed by atoms with Crippen molar-refractivity contribution in [3.8, 4) is 0 Å². The summed E-state index contributed by atoms with van der Waals surface area (Å²) in [6.45, 7) is 1.52. The van der Waals surface area contributed by atoms with E-state index < -0.39 is 23.9 Å². The van der Waals surface area contributed by atoms with Gasteiger partial charge in [0.1, 0.15) is 12.6 Å². The van der Waals surface area contributed by atoms with E-state index in [0.29, 0.717) is 0 Å². The summed E-state index contributed by atoms with van der Waals surface area (Å²) >= 11 is 0. The van der Waals surface area contributed by atoms with Gasteiger partial charge in [-0.25, -0.2) is 4.79 Å². The molecule has 0 radical (unpaired) electrons. The zero-order valence-electron chi connectivity index (χ0n) is 11.8. The minimum atomic E-state index is -1.17. The maximum atomic E-state index is 11.7. The minimum absolute atomic E-state index is 0.0206. The average Bonchev–Trinajstić information content (AvgIpc) is 2.44. The van der Waals surface area contributed by atoms with Crippen molar-refractivity contribution < 1.29 is 29.3 Å². The van der Waals surface area contributed by atoms with Gasteiger partial charge in [0.05, 0.1) is 6.10 Å². The van der Waals surface area contributed by atoms with E-state index in [4.69, 9.17) is 14.9 Å². The van der Waals surface area contributed by atoms with Crippen LogP contribution in [0.3, 0.4) is 0 Å². The Hall–Kier alpha value is -1.67. The summed E-state index contributed by atoms with van der Waals surface area (Å²) in [7, 11) is 0. The molecule has 1 heterocycles. The molecule has 1 aliphatic heterocycles. The van der Waals surface area contributed by atoms with Crippen LogP contribution in [-0.4, -0.2) is 59.9 Å². The summed E-state index contributed by atoms with van der Waals surface area (Å²) in [5, 5.41) is 23.0. The molecular weight excluding hydrogens is 280 g/mol. The zero-order chi connectivity index (χ0) is 15.7. The van der Waals surface area contributed by atoms with Gasteiger partial charge in [-0.15, -0.1) is 0 Å². The highest BCUT2D eigenvalue weighted by Crippen LogP contribution is 2.07. The van der Waals surface area contributed by atoms with E-state index in [2.05, 4.69) is 10.6 Å². The third kappa shape index (κ3) is 7.62. The lowest BCUT2D eigenvalue weighted by atomic mass is 10.1. The molecule has 1 atom stereocenters. The number of piperidine rings is 1. The Balaban J connectivity index is 2.27. The van der Waals surface area contributed by atoms with E-state index in [1.54, 1.807) is 0 Å². The Morgan fingerprint density at radius 1 is 1.24 bits per heavy atom. The average molecular weight is 302 g/mol. The molecular formula is C13H22N2O6. The lowest BCUT2D eigenvalue weighted by molar-refractivity contribution is -0.143. The van der Waals surface area contributed by atoms with E-state index >= 15 is 0 Å². The normalized spacial score (nSPS) is 17.1. The second kappa shape index (κ2) is 9.30. The number of rotatable bonds is 9. The summed E-state index contributed by atoms with van der Waals surface area (Å²) in [4.78, 5) is 33.1. The van der Waals surface area contributed by atoms with Crippen molar-refractivity contribution >= 4 is 17.8 Å². The molecule has 4 N–H and O–H groups in total. The fourth-order valence-corrected chi connectivity index (χ4v) is 2.11. The number of carbonyl (C=O) groups is 3. The van der Waals surface area contributed by atoms with Crippen molar-refractivity contribution in [2.75, 3.05) is 19.7 Å². The van der Waals surface area contributed by atoms with Crippen molar-refractivity contribution in [2.24, 2.45) is 0 Å². The van der Waals surface area contributed by atoms with Gasteiger partial charge in [0.2, 0.25) is 5.91 Å². The van der Waals surface area contributed by atoms with Gasteiger partial charge < -0.3 is 25.6 Å². The molecule has 120 valence electrons. The Morgan fingerprint density at radius 3 is 2.48 bits per heavy atom. The van der Waals surface area contributed by atoms with Gasteiger partial charge in [0.25, 0.3) is 0 Å². The number of ether oxygens (including phenoxy) is 1. The summed E-state index contributed by atoms with van der Waals surface area (Å²) in [5.41, 5.74) is 0. The van der Waals surface area contributed by atoms with E-state index in [1.165, 1.54) is 0 Å². The first kappa shape index (κ1) is 17.4. The van der Waals surface area contributed by atoms with Crippen molar-refractivity contribution in [1.29, 1.82) is 0 Å². The van der Waals surface area contributed by atoms with Crippen LogP contribution in [0.4, 0.5) is 0 Å². The van der Waals surface area contributed by atoms with Crippen molar-refractivity contribution in [3.63, 3.8) is 0 Å². The largest absolute Gasteiger partial charge is 0.481 e. The van der Waals surface area contributed by atoms with Crippen LogP contribution in [0.1, 0.15) is 32.1 Å². The second-order valence-corrected chi connectivity index (χ2v) is 5.00. The fourth-order valence-electron chi connectivity index (χ4n) is 2.11. The molecule has 0 spiro atoms. The van der Waals surface area contributed by atoms with E-state index in [-0.39, 0.29) is 32.0 Å². The first-order chi connectivity index (χ1) is 9.99. The van der Waals surface area contributed by atoms with Crippen molar-refractivity contribution in [2.45, 2.75) is 44.2 Å². The Kier molecular flexibility index (Phi) is 7.70. The molecule has 1 fully saturated rings. The summed E-state index contributed by atoms with van der Waals surface area (Å²) in [6.07, 6.45) is 1.84. The topological polar surface area (TPSA) is 125 Å². The highest BCUT2D eigenvalue weighted by molar-refractivity contribution is 5.84. The maximum absolute atomic E-state index is 11.7. The molecule has 8 heteroatoms. The molecule has 21 heavy (non-hydrogen) atoms. The zero-order valence-corrected chi connectivity index (χ0v) is 11.8. The predicted octanol–water partition coefficient (Wildman–Crippen LogP) is -0.421. The minimum Gasteiger partial charge on any atom is -0.481 e. The van der Waals surface area contributed by atoms with E-state index in [9.17, 15) is 14.4 Å². The number of carboxylic acid groups (broad SMARTS) is 2. The number of hydrogen-bond donors (Lipinski definition) is 4. The Bertz CT molecular complexity index is 368. The van der Waals surface area contributed by atoms with Crippen LogP contribution in [0.15, 0.2) is 0 Å². The molecule has 0 saturated carbocycles. The Morgan fingerprint density at radius 2 is 1.90 bits per heavy atom. The van der Waals surface area contributed by atoms with Gasteiger partial charge >= 0.3 is 11.9 Å². The summed E-state index contributed by atoms with van der Waals surface area (Å²) in [6, 6.07) is -1.08. The number of amides is 1. The molecule has 1 rings (SSSR count). The molecule has 0 unspecified atom stereocenters. The van der Waals surface area contributed by atoms with Gasteiger partial charge in [-0.1, -0.05) is 0 Å². The van der Waals surface area contributed by atoms with Gasteiger partial charge in [-0.05, 0) is 38.8 Å². The molecule has 1 aliphatic rings. The SMILES string of the molecule is O=C(O)CCC[C@@H](NC(=O)COC1CCNCC1)C(=O)O. The lowest BCUT2D eigenvalue weighted by Gasteiger charge is -2.23. The van der Waals surface area contributed by atoms with Gasteiger partial charge in [-0.3, -0.25) is 9.59 Å². The molecule has 0 aromatic carbocycles. The smallest absolute Gasteiger partial charge is 0.326 e. The molecule has 8 nitrogen and oxygen atoms in total. The van der Waals surface area contributed by atoms with Crippen LogP contribution in [-0.2, 0) is 19.1 Å². The molecule has 0 bridgehead atoms. The lowest BCUT2D eigenvalue weighted by Crippen LogP contribution is -2.43. The first-order valence-electron chi connectivity index (χ1n) is 7.05. The maximum Gasteiger partial charge on any atom is 0.326 e. The van der Waals surface area contributed by atoms with Crippen LogP contribution >= 0.6 is 0 Å².